The number of ether oxygens (including phenoxy) is 2. The Labute approximate surface area is 110 Å². The number of thiazole rings is 1. The lowest BCUT2D eigenvalue weighted by Crippen LogP contribution is -2.47. The maximum Gasteiger partial charge on any atom is 0.307 e. The lowest BCUT2D eigenvalue weighted by atomic mass is 9.99. The highest BCUT2D eigenvalue weighted by Gasteiger charge is 2.27. The Morgan fingerprint density at radius 1 is 1.61 bits per heavy atom. The topological polar surface area (TPSA) is 86.5 Å². The Balaban J connectivity index is 2.58. The first-order valence-corrected chi connectivity index (χ1v) is 6.32. The average Bonchev–Trinajstić information content (AvgIpc) is 2.73. The van der Waals surface area contributed by atoms with Gasteiger partial charge in [0.25, 0.3) is 0 Å². The van der Waals surface area contributed by atoms with E-state index in [1.165, 1.54) is 18.4 Å². The van der Waals surface area contributed by atoms with Gasteiger partial charge in [-0.2, -0.15) is 0 Å². The first-order valence-electron chi connectivity index (χ1n) is 5.50. The summed E-state index contributed by atoms with van der Waals surface area (Å²) in [6, 6.07) is 0. The number of carbonyl (C=O) groups is 1. The maximum absolute atomic E-state index is 11.4. The lowest BCUT2D eigenvalue weighted by Gasteiger charge is -2.28. The van der Waals surface area contributed by atoms with Crippen LogP contribution in [0.2, 0.25) is 0 Å². The number of aromatic nitrogens is 1. The highest BCUT2D eigenvalue weighted by atomic mass is 32.1. The third-order valence-corrected chi connectivity index (χ3v) is 3.31. The van der Waals surface area contributed by atoms with Gasteiger partial charge in [-0.1, -0.05) is 0 Å². The molecule has 0 saturated carbocycles. The monoisotopic (exact) mass is 273 g/mol. The lowest BCUT2D eigenvalue weighted by molar-refractivity contribution is -0.142. The third kappa shape index (κ3) is 4.59. The van der Waals surface area contributed by atoms with Gasteiger partial charge in [0, 0.05) is 30.3 Å². The predicted octanol–water partition coefficient (Wildman–Crippen LogP) is 0.783. The molecule has 1 aromatic heterocycles. The summed E-state index contributed by atoms with van der Waals surface area (Å²) in [5.41, 5.74) is 5.09. The van der Waals surface area contributed by atoms with Crippen molar-refractivity contribution >= 4 is 22.4 Å². The molecule has 1 aromatic rings. The highest BCUT2D eigenvalue weighted by Crippen LogP contribution is 2.17. The molecular weight excluding hydrogens is 254 g/mol. The molecule has 18 heavy (non-hydrogen) atoms. The second-order valence-corrected chi connectivity index (χ2v) is 5.41. The van der Waals surface area contributed by atoms with Gasteiger partial charge >= 0.3 is 5.97 Å². The van der Waals surface area contributed by atoms with Crippen molar-refractivity contribution in [1.29, 1.82) is 0 Å². The molecule has 0 aromatic carbocycles. The second kappa shape index (κ2) is 6.67. The number of hydrogen-bond acceptors (Lipinski definition) is 7. The Morgan fingerprint density at radius 2 is 2.33 bits per heavy atom. The normalized spacial score (nSPS) is 14.2. The maximum atomic E-state index is 11.4. The van der Waals surface area contributed by atoms with Gasteiger partial charge in [-0.05, 0) is 6.92 Å². The number of esters is 1. The molecule has 0 aliphatic heterocycles. The fourth-order valence-electron chi connectivity index (χ4n) is 1.58. The van der Waals surface area contributed by atoms with Gasteiger partial charge in [0.1, 0.15) is 0 Å². The Morgan fingerprint density at radius 3 is 2.83 bits per heavy atom. The zero-order chi connectivity index (χ0) is 13.6. The van der Waals surface area contributed by atoms with Gasteiger partial charge in [0.2, 0.25) is 0 Å². The number of nitrogens with two attached hydrogens (primary N) is 1. The molecule has 0 saturated heterocycles. The number of carbonyl (C=O) groups excluding carboxylic acids is 1. The van der Waals surface area contributed by atoms with E-state index in [1.807, 2.05) is 6.92 Å². The summed E-state index contributed by atoms with van der Waals surface area (Å²) < 4.78 is 9.82. The van der Waals surface area contributed by atoms with Crippen LogP contribution in [0.25, 0.3) is 0 Å². The number of nitrogen functional groups attached to an aromatic ring is 1. The van der Waals surface area contributed by atoms with Gasteiger partial charge in [-0.3, -0.25) is 4.79 Å². The summed E-state index contributed by atoms with van der Waals surface area (Å²) >= 11 is 1.42. The van der Waals surface area contributed by atoms with E-state index in [2.05, 4.69) is 15.0 Å². The Kier molecular flexibility index (Phi) is 5.52. The molecule has 1 rings (SSSR count). The smallest absolute Gasteiger partial charge is 0.307 e. The van der Waals surface area contributed by atoms with Crippen molar-refractivity contribution in [3.8, 4) is 0 Å². The van der Waals surface area contributed by atoms with Crippen LogP contribution in [0, 0.1) is 0 Å². The highest BCUT2D eigenvalue weighted by molar-refractivity contribution is 7.15. The minimum Gasteiger partial charge on any atom is -0.469 e. The number of nitrogens with one attached hydrogen (secondary N) is 1. The molecule has 0 bridgehead atoms. The minimum absolute atomic E-state index is 0.242. The molecule has 0 spiro atoms. The molecule has 0 radical (unpaired) electrons. The van der Waals surface area contributed by atoms with Crippen LogP contribution in [0.15, 0.2) is 6.20 Å². The van der Waals surface area contributed by atoms with Crippen LogP contribution >= 0.6 is 11.3 Å². The van der Waals surface area contributed by atoms with E-state index in [0.29, 0.717) is 18.3 Å². The molecule has 1 unspecified atom stereocenters. The van der Waals surface area contributed by atoms with Gasteiger partial charge in [-0.25, -0.2) is 4.98 Å². The van der Waals surface area contributed by atoms with E-state index >= 15 is 0 Å². The Bertz CT molecular complexity index is 397. The van der Waals surface area contributed by atoms with Crippen molar-refractivity contribution in [3.05, 3.63) is 11.1 Å². The molecule has 0 aliphatic carbocycles. The van der Waals surface area contributed by atoms with Crippen LogP contribution in [0.5, 0.6) is 0 Å². The predicted molar refractivity (Wildman–Crippen MR) is 70.3 cm³/mol. The van der Waals surface area contributed by atoms with Crippen molar-refractivity contribution < 1.29 is 14.3 Å². The number of hydrogen-bond donors (Lipinski definition) is 2. The minimum atomic E-state index is -0.472. The van der Waals surface area contributed by atoms with E-state index in [0.717, 1.165) is 4.88 Å². The summed E-state index contributed by atoms with van der Waals surface area (Å²) in [6.45, 7) is 2.92. The standard InChI is InChI=1S/C11H19N3O3S/c1-11(7-16-2,4-9(15)17-3)14-6-8-5-13-10(12)18-8/h5,14H,4,6-7H2,1-3H3,(H2,12,13). The molecule has 0 fully saturated rings. The Hall–Kier alpha value is -1.18. The SMILES string of the molecule is COCC(C)(CC(=O)OC)NCc1cnc(N)s1. The van der Waals surface area contributed by atoms with Crippen molar-refractivity contribution in [2.45, 2.75) is 25.4 Å². The van der Waals surface area contributed by atoms with Gasteiger partial charge < -0.3 is 20.5 Å². The van der Waals surface area contributed by atoms with E-state index in [4.69, 9.17) is 10.5 Å². The van der Waals surface area contributed by atoms with Crippen molar-refractivity contribution in [2.75, 3.05) is 26.6 Å². The zero-order valence-corrected chi connectivity index (χ0v) is 11.7. The molecule has 0 aliphatic rings. The van der Waals surface area contributed by atoms with E-state index < -0.39 is 5.54 Å². The summed E-state index contributed by atoms with van der Waals surface area (Å²) in [6.07, 6.45) is 1.96. The van der Waals surface area contributed by atoms with Crippen LogP contribution in [0.4, 0.5) is 5.13 Å². The van der Waals surface area contributed by atoms with Crippen LogP contribution in [0.3, 0.4) is 0 Å². The third-order valence-electron chi connectivity index (χ3n) is 2.49. The zero-order valence-electron chi connectivity index (χ0n) is 10.9. The number of anilines is 1. The first kappa shape index (κ1) is 14.9. The first-order chi connectivity index (χ1) is 8.49. The van der Waals surface area contributed by atoms with Crippen molar-refractivity contribution in [3.63, 3.8) is 0 Å². The van der Waals surface area contributed by atoms with Crippen LogP contribution in [-0.2, 0) is 20.8 Å². The van der Waals surface area contributed by atoms with E-state index in [-0.39, 0.29) is 12.4 Å². The molecule has 1 heterocycles. The van der Waals surface area contributed by atoms with E-state index in [9.17, 15) is 4.79 Å². The van der Waals surface area contributed by atoms with Gasteiger partial charge in [0.15, 0.2) is 5.13 Å². The average molecular weight is 273 g/mol. The molecule has 1 atom stereocenters. The summed E-state index contributed by atoms with van der Waals surface area (Å²) in [5.74, 6) is -0.272. The van der Waals surface area contributed by atoms with Crippen molar-refractivity contribution in [1.82, 2.24) is 10.3 Å². The second-order valence-electron chi connectivity index (χ2n) is 4.26. The molecule has 102 valence electrons. The molecule has 0 amide bonds. The van der Waals surface area contributed by atoms with Crippen LogP contribution < -0.4 is 11.1 Å². The summed E-state index contributed by atoms with van der Waals surface area (Å²) in [4.78, 5) is 16.4. The number of methoxy groups -OCH3 is 2. The molecule has 6 nitrogen and oxygen atoms in total. The van der Waals surface area contributed by atoms with Gasteiger partial charge in [0.05, 0.1) is 20.1 Å². The van der Waals surface area contributed by atoms with Gasteiger partial charge in [-0.15, -0.1) is 11.3 Å². The van der Waals surface area contributed by atoms with E-state index in [1.54, 1.807) is 13.3 Å². The molecular formula is C11H19N3O3S. The van der Waals surface area contributed by atoms with Crippen LogP contribution in [0.1, 0.15) is 18.2 Å². The largest absolute Gasteiger partial charge is 0.469 e. The van der Waals surface area contributed by atoms with Crippen LogP contribution in [-0.4, -0.2) is 37.3 Å². The number of nitrogens with zero attached hydrogens (tertiary/aromatic N) is 1. The summed E-state index contributed by atoms with van der Waals surface area (Å²) in [5, 5.41) is 3.82. The summed E-state index contributed by atoms with van der Waals surface area (Å²) in [7, 11) is 2.97. The quantitative estimate of drug-likeness (QED) is 0.714. The fraction of sp³-hybridized carbons (Fsp3) is 0.636. The van der Waals surface area contributed by atoms with Crippen molar-refractivity contribution in [2.24, 2.45) is 0 Å². The molecule has 3 N–H and O–H groups in total. The number of rotatable bonds is 7. The fourth-order valence-corrected chi connectivity index (χ4v) is 2.20. The molecule has 7 heteroatoms.